The summed E-state index contributed by atoms with van der Waals surface area (Å²) in [6.07, 6.45) is 0.818. The highest BCUT2D eigenvalue weighted by Crippen LogP contribution is 2.44. The first kappa shape index (κ1) is 28.5. The number of halogens is 3. The topological polar surface area (TPSA) is 79.9 Å². The summed E-state index contributed by atoms with van der Waals surface area (Å²) in [5.74, 6) is -2.04. The normalized spacial score (nSPS) is 17.6. The summed E-state index contributed by atoms with van der Waals surface area (Å²) >= 11 is 0. The van der Waals surface area contributed by atoms with Crippen LogP contribution in [0.5, 0.6) is 5.75 Å². The number of likely N-dealkylation sites (tertiary alicyclic amines) is 1. The van der Waals surface area contributed by atoms with Crippen LogP contribution >= 0.6 is 0 Å². The van der Waals surface area contributed by atoms with Crippen molar-refractivity contribution < 1.29 is 32.2 Å². The molecular formula is C31H32F3N3O4. The molecule has 5 rings (SSSR count). The Morgan fingerprint density at radius 1 is 1.05 bits per heavy atom. The number of hydrogen-bond donors (Lipinski definition) is 2. The molecule has 0 bridgehead atoms. The summed E-state index contributed by atoms with van der Waals surface area (Å²) in [6.45, 7) is 3.26. The van der Waals surface area contributed by atoms with Crippen LogP contribution in [0.25, 0.3) is 0 Å². The molecule has 2 aliphatic heterocycles. The third-order valence-electron chi connectivity index (χ3n) is 8.07. The lowest BCUT2D eigenvalue weighted by Gasteiger charge is -2.46. The molecule has 2 aliphatic rings. The SMILES string of the molecule is COc1ccc(CNC(=O)C(CC(C)N2CCC3(CC2)OC(=O)Nc2ccc(F)cc23)c2ccc(F)cc2)cc1F. The molecule has 2 atom stereocenters. The summed E-state index contributed by atoms with van der Waals surface area (Å²) in [7, 11) is 1.38. The van der Waals surface area contributed by atoms with E-state index in [1.54, 1.807) is 24.3 Å². The number of methoxy groups -OCH3 is 1. The minimum atomic E-state index is -0.919. The molecule has 3 aromatic rings. The fourth-order valence-electron chi connectivity index (χ4n) is 5.78. The van der Waals surface area contributed by atoms with Crippen molar-refractivity contribution in [1.82, 2.24) is 10.2 Å². The molecule has 0 radical (unpaired) electrons. The molecule has 216 valence electrons. The molecule has 1 saturated heterocycles. The fraction of sp³-hybridized carbons (Fsp3) is 0.355. The van der Waals surface area contributed by atoms with Crippen LogP contribution < -0.4 is 15.4 Å². The van der Waals surface area contributed by atoms with E-state index in [0.717, 1.165) is 0 Å². The van der Waals surface area contributed by atoms with E-state index in [1.165, 1.54) is 43.5 Å². The van der Waals surface area contributed by atoms with Gasteiger partial charge in [0.15, 0.2) is 11.6 Å². The average Bonchev–Trinajstić information content (AvgIpc) is 2.96. The molecule has 2 amide bonds. The van der Waals surface area contributed by atoms with Crippen LogP contribution in [0, 0.1) is 17.5 Å². The Morgan fingerprint density at radius 3 is 2.44 bits per heavy atom. The van der Waals surface area contributed by atoms with E-state index in [0.29, 0.717) is 54.7 Å². The molecule has 3 aromatic carbocycles. The molecule has 2 N–H and O–H groups in total. The summed E-state index contributed by atoms with van der Waals surface area (Å²) in [4.78, 5) is 27.9. The maximum atomic E-state index is 14.1. The van der Waals surface area contributed by atoms with Gasteiger partial charge in [-0.1, -0.05) is 18.2 Å². The standard InChI is InChI=1S/C31H32F3N3O4/c1-19(37-13-11-31(12-14-37)25-17-23(33)8-9-27(25)36-30(39)41-31)15-24(21-4-6-22(32)7-5-21)29(38)35-18-20-3-10-28(40-2)26(34)16-20/h3-10,16-17,19,24H,11-15,18H2,1-2H3,(H,35,38)(H,36,39). The number of amides is 2. The van der Waals surface area contributed by atoms with Gasteiger partial charge in [-0.25, -0.2) is 18.0 Å². The van der Waals surface area contributed by atoms with E-state index in [1.807, 2.05) is 6.92 Å². The number of benzene rings is 3. The molecule has 1 fully saturated rings. The van der Waals surface area contributed by atoms with Crippen LogP contribution in [-0.4, -0.2) is 43.1 Å². The number of carbonyl (C=O) groups excluding carboxylic acids is 2. The van der Waals surface area contributed by atoms with Crippen molar-refractivity contribution in [3.05, 3.63) is 94.8 Å². The van der Waals surface area contributed by atoms with Gasteiger partial charge >= 0.3 is 6.09 Å². The smallest absolute Gasteiger partial charge is 0.412 e. The maximum Gasteiger partial charge on any atom is 0.412 e. The van der Waals surface area contributed by atoms with Crippen LogP contribution in [0.3, 0.4) is 0 Å². The van der Waals surface area contributed by atoms with Gasteiger partial charge in [0.25, 0.3) is 0 Å². The van der Waals surface area contributed by atoms with E-state index >= 15 is 0 Å². The summed E-state index contributed by atoms with van der Waals surface area (Å²) in [5.41, 5.74) is 1.51. The van der Waals surface area contributed by atoms with Gasteiger partial charge < -0.3 is 19.7 Å². The van der Waals surface area contributed by atoms with Gasteiger partial charge in [-0.05, 0) is 66.9 Å². The Hall–Kier alpha value is -4.05. The molecule has 1 spiro atoms. The fourth-order valence-corrected chi connectivity index (χ4v) is 5.78. The van der Waals surface area contributed by atoms with Crippen molar-refractivity contribution >= 4 is 17.7 Å². The van der Waals surface area contributed by atoms with E-state index < -0.39 is 35.1 Å². The van der Waals surface area contributed by atoms with Crippen LogP contribution in [0.1, 0.15) is 48.8 Å². The predicted molar refractivity (Wildman–Crippen MR) is 147 cm³/mol. The van der Waals surface area contributed by atoms with Gasteiger partial charge in [-0.3, -0.25) is 10.1 Å². The number of piperidine rings is 1. The van der Waals surface area contributed by atoms with Gasteiger partial charge in [0.1, 0.15) is 17.2 Å². The second-order valence-electron chi connectivity index (χ2n) is 10.6. The first-order valence-electron chi connectivity index (χ1n) is 13.6. The van der Waals surface area contributed by atoms with Crippen LogP contribution in [0.4, 0.5) is 23.7 Å². The monoisotopic (exact) mass is 567 g/mol. The lowest BCUT2D eigenvalue weighted by Crippen LogP contribution is -2.50. The number of nitrogens with zero attached hydrogens (tertiary/aromatic N) is 1. The lowest BCUT2D eigenvalue weighted by atomic mass is 9.81. The van der Waals surface area contributed by atoms with Crippen LogP contribution in [0.15, 0.2) is 60.7 Å². The number of hydrogen-bond acceptors (Lipinski definition) is 5. The van der Waals surface area contributed by atoms with Crippen molar-refractivity contribution in [2.24, 2.45) is 0 Å². The zero-order valence-corrected chi connectivity index (χ0v) is 22.9. The predicted octanol–water partition coefficient (Wildman–Crippen LogP) is 5.84. The molecule has 0 aliphatic carbocycles. The van der Waals surface area contributed by atoms with Crippen LogP contribution in [0.2, 0.25) is 0 Å². The summed E-state index contributed by atoms with van der Waals surface area (Å²) in [5, 5.41) is 5.54. The van der Waals surface area contributed by atoms with Crippen molar-refractivity contribution in [2.45, 2.75) is 50.3 Å². The highest BCUT2D eigenvalue weighted by Gasteiger charge is 2.45. The molecule has 41 heavy (non-hydrogen) atoms. The molecule has 0 aromatic heterocycles. The second-order valence-corrected chi connectivity index (χ2v) is 10.6. The molecule has 0 saturated carbocycles. The third kappa shape index (κ3) is 6.17. The van der Waals surface area contributed by atoms with Gasteiger partial charge in [0.2, 0.25) is 5.91 Å². The Balaban J connectivity index is 1.28. The maximum absolute atomic E-state index is 14.1. The number of ether oxygens (including phenoxy) is 2. The molecule has 7 nitrogen and oxygen atoms in total. The number of carbonyl (C=O) groups is 2. The third-order valence-corrected chi connectivity index (χ3v) is 8.07. The Labute approximate surface area is 236 Å². The van der Waals surface area contributed by atoms with E-state index in [4.69, 9.17) is 9.47 Å². The van der Waals surface area contributed by atoms with E-state index in [2.05, 4.69) is 15.5 Å². The second kappa shape index (κ2) is 11.8. The largest absolute Gasteiger partial charge is 0.494 e. The minimum Gasteiger partial charge on any atom is -0.494 e. The van der Waals surface area contributed by atoms with E-state index in [9.17, 15) is 22.8 Å². The van der Waals surface area contributed by atoms with Gasteiger partial charge in [-0.2, -0.15) is 0 Å². The number of anilines is 1. The quantitative estimate of drug-likeness (QED) is 0.357. The number of nitrogens with one attached hydrogen (secondary N) is 2. The van der Waals surface area contributed by atoms with Crippen LogP contribution in [-0.2, 0) is 21.7 Å². The molecule has 2 unspecified atom stereocenters. The van der Waals surface area contributed by atoms with Gasteiger partial charge in [0.05, 0.1) is 18.7 Å². The van der Waals surface area contributed by atoms with Gasteiger partial charge in [0, 0.05) is 44.1 Å². The van der Waals surface area contributed by atoms with Gasteiger partial charge in [-0.15, -0.1) is 0 Å². The minimum absolute atomic E-state index is 0.0593. The Bertz CT molecular complexity index is 1420. The Kier molecular flexibility index (Phi) is 8.21. The van der Waals surface area contributed by atoms with Crippen molar-refractivity contribution in [3.8, 4) is 5.75 Å². The molecule has 10 heteroatoms. The zero-order valence-electron chi connectivity index (χ0n) is 22.9. The summed E-state index contributed by atoms with van der Waals surface area (Å²) in [6, 6.07) is 14.6. The van der Waals surface area contributed by atoms with Crippen molar-refractivity contribution in [2.75, 3.05) is 25.5 Å². The van der Waals surface area contributed by atoms with Crippen molar-refractivity contribution in [3.63, 3.8) is 0 Å². The Morgan fingerprint density at radius 2 is 1.76 bits per heavy atom. The zero-order chi connectivity index (χ0) is 29.1. The first-order valence-corrected chi connectivity index (χ1v) is 13.6. The summed E-state index contributed by atoms with van der Waals surface area (Å²) < 4.78 is 52.6. The highest BCUT2D eigenvalue weighted by atomic mass is 19.1. The highest BCUT2D eigenvalue weighted by molar-refractivity contribution is 5.89. The molecular weight excluding hydrogens is 535 g/mol. The van der Waals surface area contributed by atoms with Crippen molar-refractivity contribution in [1.29, 1.82) is 0 Å². The molecule has 2 heterocycles. The number of rotatable bonds is 8. The average molecular weight is 568 g/mol. The van der Waals surface area contributed by atoms with E-state index in [-0.39, 0.29) is 24.2 Å². The lowest BCUT2D eigenvalue weighted by molar-refractivity contribution is -0.123. The number of fused-ring (bicyclic) bond motifs is 2. The first-order chi connectivity index (χ1) is 19.7.